The van der Waals surface area contributed by atoms with Crippen molar-refractivity contribution in [1.29, 1.82) is 0 Å². The lowest BCUT2D eigenvalue weighted by Crippen LogP contribution is -2.69. The van der Waals surface area contributed by atoms with E-state index < -0.39 is 309 Å². The summed E-state index contributed by atoms with van der Waals surface area (Å²) in [6, 6.07) is 2.18. The van der Waals surface area contributed by atoms with Gasteiger partial charge in [-0.2, -0.15) is 0 Å². The van der Waals surface area contributed by atoms with Crippen molar-refractivity contribution < 1.29 is 203 Å². The molecule has 0 amide bonds. The van der Waals surface area contributed by atoms with Gasteiger partial charge in [-0.25, -0.2) is 4.63 Å². The molecule has 46 nitrogen and oxygen atoms in total. The maximum absolute atomic E-state index is 12.0. The van der Waals surface area contributed by atoms with E-state index >= 15 is 0 Å². The summed E-state index contributed by atoms with van der Waals surface area (Å²) < 4.78 is 97.5. The molecule has 0 spiro atoms. The predicted octanol–water partition coefficient (Wildman–Crippen LogP) is -15.8. The minimum absolute atomic E-state index is 0.0508. The second-order valence-electron chi connectivity index (χ2n) is 25.0. The third-order valence-electron chi connectivity index (χ3n) is 18.8. The Bertz CT molecular complexity index is 2940. The molecule has 31 heterocycles. The van der Waals surface area contributed by atoms with Gasteiger partial charge in [0.25, 0.3) is 0 Å². The van der Waals surface area contributed by atoms with Crippen LogP contribution in [-0.4, -0.2) is 431 Å². The van der Waals surface area contributed by atoms with Gasteiger partial charge in [0, 0.05) is 12.6 Å². The number of ether oxygens (including phenoxy) is 16. The van der Waals surface area contributed by atoms with E-state index in [-0.39, 0.29) is 16.7 Å². The molecule has 40 atom stereocenters. The highest BCUT2D eigenvalue weighted by atomic mass is 16.8. The van der Waals surface area contributed by atoms with Gasteiger partial charge in [-0.3, -0.25) is 10.1 Å². The number of aromatic nitrogens is 2. The van der Waals surface area contributed by atoms with Crippen molar-refractivity contribution >= 4 is 22.4 Å². The number of nitrogens with one attached hydrogen (secondary N) is 1. The third kappa shape index (κ3) is 14.9. The van der Waals surface area contributed by atoms with Crippen molar-refractivity contribution in [3.8, 4) is 0 Å². The van der Waals surface area contributed by atoms with Crippen LogP contribution in [0.1, 0.15) is 0 Å². The molecule has 24 N–H and O–H groups in total. The molecule has 32 rings (SSSR count). The number of fused-ring (bicyclic) bond motifs is 1. The molecule has 0 radical (unpaired) electrons. The SMILES string of the molecule is O=[N+]([O-])c1ccc(NC[C@@H]2O[C@@H]3O[C@H]4[C@H](O)[C@H](O)[C@@H](O[C@H]5[C@H](O)[C@@H](O)[C@@H](O[C@H]6[C@H](O)[C@@H](O)[C@@H](O[C@H]7[C@H](O)[C@@H](O)[C@@H](O[C@H]8[C@H](O)[C@@H](O)[C@@H](O[C@H]9[C@H](O)[C@@H](O)[C@@H](O[C@H]%10[C@H](O)[C@@H](O)[C@@H](O[C@H]2[C@H](O)[C@H]3O)O[C@@H]%10CO)O[C@H]9CO)O[C@H]8CO)O[C@@H]7CO)O[C@@H]6CO)O[C@@H]5CO)O[C@@H]4CO)c2nonc12. The fourth-order valence-electron chi connectivity index (χ4n) is 13.3. The molecular weight excluding hydrogens is 1380 g/mol. The summed E-state index contributed by atoms with van der Waals surface area (Å²) in [5, 5.41) is 281. The van der Waals surface area contributed by atoms with Crippen molar-refractivity contribution in [1.82, 2.24) is 10.3 Å². The normalized spacial score (nSPS) is 50.1. The molecule has 30 aliphatic rings. The van der Waals surface area contributed by atoms with Crippen LogP contribution in [0.5, 0.6) is 0 Å². The quantitative estimate of drug-likeness (QED) is 0.0734. The van der Waals surface area contributed by atoms with Crippen LogP contribution in [0.4, 0.5) is 11.4 Å². The van der Waals surface area contributed by atoms with Gasteiger partial charge in [0.05, 0.1) is 56.9 Å². The summed E-state index contributed by atoms with van der Waals surface area (Å²) >= 11 is 0. The Morgan fingerprint density at radius 1 is 0.300 bits per heavy atom. The zero-order valence-corrected chi connectivity index (χ0v) is 51.8. The van der Waals surface area contributed by atoms with E-state index in [0.29, 0.717) is 0 Å². The molecule has 30 aliphatic heterocycles. The molecule has 0 saturated carbocycles. The lowest BCUT2D eigenvalue weighted by Gasteiger charge is -2.50. The topological polar surface area (TPSA) is 707 Å². The van der Waals surface area contributed by atoms with Crippen molar-refractivity contribution in [3.63, 3.8) is 0 Å². The molecule has 2 aromatic rings. The fourth-order valence-corrected chi connectivity index (χ4v) is 13.3. The number of aliphatic hydroxyl groups is 23. The van der Waals surface area contributed by atoms with E-state index in [1.165, 1.54) is 0 Å². The summed E-state index contributed by atoms with van der Waals surface area (Å²) in [5.74, 6) is 0. The van der Waals surface area contributed by atoms with Crippen molar-refractivity contribution in [3.05, 3.63) is 22.2 Å². The first-order chi connectivity index (χ1) is 47.7. The van der Waals surface area contributed by atoms with Crippen LogP contribution in [-0.2, 0) is 75.8 Å². The summed E-state index contributed by atoms with van der Waals surface area (Å²) in [5.41, 5.74) is -1.17. The van der Waals surface area contributed by atoms with Crippen LogP contribution in [0.15, 0.2) is 16.8 Å². The molecule has 0 aliphatic carbocycles. The highest BCUT2D eigenvalue weighted by Crippen LogP contribution is 2.41. The lowest BCUT2D eigenvalue weighted by molar-refractivity contribution is -0.403. The standard InChI is InChI=1S/C54H82N4O42/c59-4-14-40-25(68)33(76)49(86-14)95-42-16(6-61)88-51(35(78)27(42)70)97-44-18(8-63)90-53(37(80)29(44)72)99-46-20(10-65)91-54(38(81)30(46)73)98-45-19(9-64)89-52(36(79)28(45)71)96-43-17(7-62)87-50(34(77)26(43)69)94-41-15(5-60)85-48(32(75)24(41)67)92-39-13(84-47(93-40)31(74)23(39)66)3-55-11-1-2-12(58(82)83)22-21(11)56-100-57-22/h1-2,13-20,23-55,59-81H,3-10H2/t13-,14+,15+,16+,17-,18+,19-,20+,23+,24+,25+,26+,27+,28+,29+,30+,31+,32+,33-,34+,35+,36+,37+,38+,39+,40+,41+,42+,43+,44+,45+,46+,47+,48+,49+,50+,51+,52+,53+,54+/m0/s1. The van der Waals surface area contributed by atoms with Crippen LogP contribution in [0.2, 0.25) is 0 Å². The zero-order chi connectivity index (χ0) is 72.2. The molecule has 16 bridgehead atoms. The summed E-state index contributed by atoms with van der Waals surface area (Å²) in [4.78, 5) is 11.0. The monoisotopic (exact) mass is 1460 g/mol. The van der Waals surface area contributed by atoms with E-state index in [4.69, 9.17) is 80.4 Å². The molecule has 570 valence electrons. The highest BCUT2D eigenvalue weighted by molar-refractivity contribution is 5.93. The summed E-state index contributed by atoms with van der Waals surface area (Å²) in [7, 11) is 0. The Balaban J connectivity index is 0.881. The van der Waals surface area contributed by atoms with Crippen LogP contribution in [0.25, 0.3) is 11.0 Å². The maximum atomic E-state index is 12.0. The number of nitro groups is 1. The highest BCUT2D eigenvalue weighted by Gasteiger charge is 2.60. The molecule has 30 fully saturated rings. The Labute approximate surface area is 560 Å². The number of hydrogen-bond donors (Lipinski definition) is 24. The minimum Gasteiger partial charge on any atom is -0.394 e. The van der Waals surface area contributed by atoms with Crippen molar-refractivity contribution in [2.45, 2.75) is 246 Å². The van der Waals surface area contributed by atoms with Crippen LogP contribution >= 0.6 is 0 Å². The number of benzene rings is 1. The number of non-ortho nitro benzene ring substituents is 1. The van der Waals surface area contributed by atoms with Gasteiger partial charge in [0.2, 0.25) is 5.52 Å². The van der Waals surface area contributed by atoms with E-state index in [1.807, 2.05) is 0 Å². The van der Waals surface area contributed by atoms with Gasteiger partial charge in [0.1, 0.15) is 195 Å². The van der Waals surface area contributed by atoms with E-state index in [9.17, 15) is 128 Å². The first kappa shape index (κ1) is 77.4. The maximum Gasteiger partial charge on any atom is 0.300 e. The van der Waals surface area contributed by atoms with Crippen molar-refractivity contribution in [2.24, 2.45) is 0 Å². The number of nitrogens with zero attached hydrogens (tertiary/aromatic N) is 3. The molecule has 100 heavy (non-hydrogen) atoms. The van der Waals surface area contributed by atoms with Gasteiger partial charge in [-0.1, -0.05) is 0 Å². The Morgan fingerprint density at radius 3 is 0.710 bits per heavy atom. The largest absolute Gasteiger partial charge is 0.394 e. The molecule has 30 saturated heterocycles. The predicted molar refractivity (Wildman–Crippen MR) is 301 cm³/mol. The molecule has 1 aromatic heterocycles. The van der Waals surface area contributed by atoms with Gasteiger partial charge in [-0.05, 0) is 16.4 Å². The van der Waals surface area contributed by atoms with E-state index in [0.717, 1.165) is 12.1 Å². The molecule has 46 heteroatoms. The Hall–Kier alpha value is -3.74. The molecule has 0 unspecified atom stereocenters. The van der Waals surface area contributed by atoms with Crippen molar-refractivity contribution in [2.75, 3.05) is 58.1 Å². The van der Waals surface area contributed by atoms with Gasteiger partial charge in [-0.15, -0.1) is 0 Å². The summed E-state index contributed by atoms with van der Waals surface area (Å²) in [6.45, 7) is -8.43. The zero-order valence-electron chi connectivity index (χ0n) is 51.8. The fraction of sp³-hybridized carbons (Fsp3) is 0.889. The van der Waals surface area contributed by atoms with E-state index in [2.05, 4.69) is 15.6 Å². The second-order valence-corrected chi connectivity index (χ2v) is 25.0. The van der Waals surface area contributed by atoms with Gasteiger partial charge in [0.15, 0.2) is 55.8 Å². The van der Waals surface area contributed by atoms with Crippen LogP contribution in [0, 0.1) is 10.1 Å². The first-order valence-corrected chi connectivity index (χ1v) is 31.5. The average Bonchev–Trinajstić information content (AvgIpc) is 0.993. The molecular formula is C54H82N4O42. The molecule has 1 aromatic carbocycles. The number of aliphatic hydroxyl groups excluding tert-OH is 23. The third-order valence-corrected chi connectivity index (χ3v) is 18.8. The number of hydrogen-bond acceptors (Lipinski definition) is 45. The minimum atomic E-state index is -2.33. The lowest BCUT2D eigenvalue weighted by atomic mass is 9.94. The van der Waals surface area contributed by atoms with Crippen LogP contribution < -0.4 is 5.32 Å². The Morgan fingerprint density at radius 2 is 0.500 bits per heavy atom. The van der Waals surface area contributed by atoms with Gasteiger partial charge < -0.3 is 199 Å². The van der Waals surface area contributed by atoms with Crippen LogP contribution in [0.3, 0.4) is 0 Å². The Kier molecular flexibility index (Phi) is 25.2. The average molecular weight is 1460 g/mol. The second kappa shape index (κ2) is 32.5. The summed E-state index contributed by atoms with van der Waals surface area (Å²) in [6.07, 6.45) is -83.8. The number of rotatable bonds is 11. The number of anilines is 1. The number of nitro benzene ring substituents is 1. The smallest absolute Gasteiger partial charge is 0.300 e. The van der Waals surface area contributed by atoms with E-state index in [1.54, 1.807) is 0 Å². The first-order valence-electron chi connectivity index (χ1n) is 31.5. The van der Waals surface area contributed by atoms with Gasteiger partial charge >= 0.3 is 5.69 Å².